The molecule has 0 atom stereocenters. The minimum absolute atomic E-state index is 0.270. The van der Waals surface area contributed by atoms with Crippen LogP contribution in [0.3, 0.4) is 0 Å². The Kier molecular flexibility index (Phi) is 2.64. The molecule has 4 nitrogen and oxygen atoms in total. The van der Waals surface area contributed by atoms with E-state index in [2.05, 4.69) is 9.93 Å². The molecule has 5 heteroatoms. The minimum Gasteiger partial charge on any atom is -0.200 e. The molecule has 0 amide bonds. The summed E-state index contributed by atoms with van der Waals surface area (Å²) in [4.78, 5) is 2.51. The topological polar surface area (TPSA) is 58.5 Å². The van der Waals surface area contributed by atoms with Crippen LogP contribution in [0.25, 0.3) is 0 Å². The summed E-state index contributed by atoms with van der Waals surface area (Å²) in [6.45, 7) is 1.93. The Balaban J connectivity index is 2.26. The van der Waals surface area contributed by atoms with Crippen LogP contribution >= 0.6 is 0 Å². The van der Waals surface area contributed by atoms with Gasteiger partial charge in [0.15, 0.2) is 0 Å². The molecule has 96 valence electrons. The standard InChI is InChI=1S/C14H12N2O2S/c1-10-7-8-13-12(9-10)14(15-16-19(13,17)18)11-5-3-2-4-6-11/h2-9,16H,1H3. The lowest BCUT2D eigenvalue weighted by Gasteiger charge is -2.18. The number of sulfonamides is 1. The van der Waals surface area contributed by atoms with Gasteiger partial charge in [0.2, 0.25) is 0 Å². The van der Waals surface area contributed by atoms with Gasteiger partial charge in [-0.25, -0.2) is 0 Å². The van der Waals surface area contributed by atoms with Crippen molar-refractivity contribution in [3.05, 3.63) is 65.2 Å². The van der Waals surface area contributed by atoms with E-state index in [1.165, 1.54) is 0 Å². The summed E-state index contributed by atoms with van der Waals surface area (Å²) in [6.07, 6.45) is 0. The van der Waals surface area contributed by atoms with Crippen LogP contribution in [0.4, 0.5) is 0 Å². The zero-order valence-electron chi connectivity index (χ0n) is 10.3. The fourth-order valence-corrected chi connectivity index (χ4v) is 3.10. The van der Waals surface area contributed by atoms with Crippen LogP contribution in [0.5, 0.6) is 0 Å². The van der Waals surface area contributed by atoms with E-state index in [-0.39, 0.29) is 4.90 Å². The van der Waals surface area contributed by atoms with Crippen LogP contribution in [0, 0.1) is 6.92 Å². The van der Waals surface area contributed by atoms with Gasteiger partial charge in [-0.2, -0.15) is 18.4 Å². The number of fused-ring (bicyclic) bond motifs is 1. The molecular formula is C14H12N2O2S. The van der Waals surface area contributed by atoms with Crippen molar-refractivity contribution in [3.63, 3.8) is 0 Å². The Hall–Kier alpha value is -2.14. The first-order valence-electron chi connectivity index (χ1n) is 5.84. The Labute approximate surface area is 111 Å². The molecule has 1 heterocycles. The van der Waals surface area contributed by atoms with E-state index < -0.39 is 10.0 Å². The van der Waals surface area contributed by atoms with Crippen molar-refractivity contribution in [2.75, 3.05) is 0 Å². The van der Waals surface area contributed by atoms with Crippen LogP contribution in [0.1, 0.15) is 16.7 Å². The van der Waals surface area contributed by atoms with Crippen molar-refractivity contribution in [2.24, 2.45) is 5.10 Å². The van der Waals surface area contributed by atoms with Gasteiger partial charge >= 0.3 is 0 Å². The maximum atomic E-state index is 11.9. The van der Waals surface area contributed by atoms with E-state index >= 15 is 0 Å². The molecule has 1 aliphatic rings. The lowest BCUT2D eigenvalue weighted by molar-refractivity contribution is 0.582. The van der Waals surface area contributed by atoms with Crippen molar-refractivity contribution < 1.29 is 8.42 Å². The van der Waals surface area contributed by atoms with Gasteiger partial charge in [-0.3, -0.25) is 0 Å². The van der Waals surface area contributed by atoms with Gasteiger partial charge < -0.3 is 0 Å². The normalized spacial score (nSPS) is 16.2. The largest absolute Gasteiger partial charge is 0.277 e. The summed E-state index contributed by atoms with van der Waals surface area (Å²) in [7, 11) is -3.54. The Morgan fingerprint density at radius 3 is 2.53 bits per heavy atom. The Morgan fingerprint density at radius 1 is 1.05 bits per heavy atom. The Bertz CT molecular complexity index is 765. The van der Waals surface area contributed by atoms with Crippen molar-refractivity contribution in [2.45, 2.75) is 11.8 Å². The third-order valence-electron chi connectivity index (χ3n) is 3.00. The highest BCUT2D eigenvalue weighted by Crippen LogP contribution is 2.24. The number of hydrazone groups is 1. The van der Waals surface area contributed by atoms with Gasteiger partial charge in [0.25, 0.3) is 10.0 Å². The van der Waals surface area contributed by atoms with Gasteiger partial charge in [0.1, 0.15) is 0 Å². The monoisotopic (exact) mass is 272 g/mol. The van der Waals surface area contributed by atoms with Crippen molar-refractivity contribution in [3.8, 4) is 0 Å². The number of rotatable bonds is 1. The van der Waals surface area contributed by atoms with Gasteiger partial charge in [-0.1, -0.05) is 42.0 Å². The molecule has 2 aromatic carbocycles. The van der Waals surface area contributed by atoms with Crippen molar-refractivity contribution in [1.29, 1.82) is 0 Å². The number of nitrogens with zero attached hydrogens (tertiary/aromatic N) is 1. The van der Waals surface area contributed by atoms with Crippen LogP contribution in [0.2, 0.25) is 0 Å². The van der Waals surface area contributed by atoms with Gasteiger partial charge in [0, 0.05) is 11.1 Å². The molecule has 2 aromatic rings. The first-order chi connectivity index (χ1) is 9.08. The molecule has 0 fully saturated rings. The second-order valence-electron chi connectivity index (χ2n) is 4.42. The summed E-state index contributed by atoms with van der Waals surface area (Å²) >= 11 is 0. The van der Waals surface area contributed by atoms with Crippen LogP contribution in [-0.2, 0) is 10.0 Å². The summed E-state index contributed by atoms with van der Waals surface area (Å²) in [6, 6.07) is 14.8. The number of aryl methyl sites for hydroxylation is 1. The average Bonchev–Trinajstić information content (AvgIpc) is 2.39. The van der Waals surface area contributed by atoms with E-state index in [4.69, 9.17) is 0 Å². The molecule has 0 unspecified atom stereocenters. The molecular weight excluding hydrogens is 260 g/mol. The highest BCUT2D eigenvalue weighted by atomic mass is 32.2. The van der Waals surface area contributed by atoms with Gasteiger partial charge in [-0.15, -0.1) is 0 Å². The van der Waals surface area contributed by atoms with E-state index in [9.17, 15) is 8.42 Å². The van der Waals surface area contributed by atoms with Gasteiger partial charge in [-0.05, 0) is 19.1 Å². The first-order valence-corrected chi connectivity index (χ1v) is 7.32. The fourth-order valence-electron chi connectivity index (χ4n) is 2.09. The quantitative estimate of drug-likeness (QED) is 0.863. The third-order valence-corrected chi connectivity index (χ3v) is 4.27. The minimum atomic E-state index is -3.54. The molecule has 1 aliphatic heterocycles. The highest BCUT2D eigenvalue weighted by molar-refractivity contribution is 7.89. The molecule has 1 N–H and O–H groups in total. The maximum Gasteiger partial charge on any atom is 0.277 e. The summed E-state index contributed by atoms with van der Waals surface area (Å²) in [5.41, 5.74) is 3.18. The fraction of sp³-hybridized carbons (Fsp3) is 0.0714. The molecule has 0 saturated heterocycles. The second-order valence-corrected chi connectivity index (χ2v) is 6.05. The molecule has 0 saturated carbocycles. The average molecular weight is 272 g/mol. The zero-order valence-corrected chi connectivity index (χ0v) is 11.1. The van der Waals surface area contributed by atoms with E-state index in [0.717, 1.165) is 11.1 Å². The predicted octanol–water partition coefficient (Wildman–Crippen LogP) is 2.04. The molecule has 19 heavy (non-hydrogen) atoms. The Morgan fingerprint density at radius 2 is 1.79 bits per heavy atom. The van der Waals surface area contributed by atoms with E-state index in [1.807, 2.05) is 43.3 Å². The molecule has 0 bridgehead atoms. The van der Waals surface area contributed by atoms with E-state index in [1.54, 1.807) is 12.1 Å². The number of hydrogen-bond donors (Lipinski definition) is 1. The molecule has 0 aliphatic carbocycles. The highest BCUT2D eigenvalue weighted by Gasteiger charge is 2.26. The van der Waals surface area contributed by atoms with Crippen LogP contribution in [0.15, 0.2) is 58.5 Å². The SMILES string of the molecule is Cc1ccc2c(c1)C(c1ccccc1)=NNS2(=O)=O. The molecule has 0 radical (unpaired) electrons. The van der Waals surface area contributed by atoms with Gasteiger partial charge in [0.05, 0.1) is 10.6 Å². The number of nitrogens with one attached hydrogen (secondary N) is 1. The van der Waals surface area contributed by atoms with Crippen molar-refractivity contribution >= 4 is 15.7 Å². The predicted molar refractivity (Wildman–Crippen MR) is 73.6 cm³/mol. The zero-order chi connectivity index (χ0) is 13.5. The van der Waals surface area contributed by atoms with E-state index in [0.29, 0.717) is 11.3 Å². The maximum absolute atomic E-state index is 11.9. The summed E-state index contributed by atoms with van der Waals surface area (Å²) in [5.74, 6) is 0. The summed E-state index contributed by atoms with van der Waals surface area (Å²) in [5, 5.41) is 4.01. The lowest BCUT2D eigenvalue weighted by atomic mass is 10.0. The molecule has 0 aromatic heterocycles. The van der Waals surface area contributed by atoms with Crippen molar-refractivity contribution in [1.82, 2.24) is 4.83 Å². The number of benzene rings is 2. The molecule has 3 rings (SSSR count). The third kappa shape index (κ3) is 2.02. The molecule has 0 spiro atoms. The smallest absolute Gasteiger partial charge is 0.200 e. The number of hydrogen-bond acceptors (Lipinski definition) is 3. The summed E-state index contributed by atoms with van der Waals surface area (Å²) < 4.78 is 23.9. The van der Waals surface area contributed by atoms with Crippen LogP contribution < -0.4 is 4.83 Å². The first kappa shape index (κ1) is 11.9. The second kappa shape index (κ2) is 4.20. The van der Waals surface area contributed by atoms with Crippen LogP contribution in [-0.4, -0.2) is 14.1 Å². The lowest BCUT2D eigenvalue weighted by Crippen LogP contribution is -2.28.